The van der Waals surface area contributed by atoms with Gasteiger partial charge in [0.2, 0.25) is 0 Å². The Kier molecular flexibility index (Phi) is 3.02. The first-order valence-corrected chi connectivity index (χ1v) is 5.40. The first-order valence-electron chi connectivity index (χ1n) is 5.40. The van der Waals surface area contributed by atoms with Gasteiger partial charge in [-0.3, -0.25) is 4.79 Å². The molecule has 0 aromatic heterocycles. The molecule has 0 saturated carbocycles. The number of hydrogen-bond donors (Lipinski definition) is 1. The minimum atomic E-state index is -0.388. The summed E-state index contributed by atoms with van der Waals surface area (Å²) in [5, 5.41) is 2.40. The SMILES string of the molecule is CC(=O)C(N)Cc1ccc2ccccc2c1. The maximum atomic E-state index is 11.1. The summed E-state index contributed by atoms with van der Waals surface area (Å²) in [5.41, 5.74) is 6.86. The number of hydrogen-bond acceptors (Lipinski definition) is 2. The molecule has 82 valence electrons. The molecule has 2 aromatic carbocycles. The van der Waals surface area contributed by atoms with Crippen LogP contribution in [-0.2, 0) is 11.2 Å². The number of carbonyl (C=O) groups excluding carboxylic acids is 1. The molecule has 2 N–H and O–H groups in total. The van der Waals surface area contributed by atoms with Gasteiger partial charge in [0.05, 0.1) is 6.04 Å². The molecule has 0 heterocycles. The molecule has 1 atom stereocenters. The second-order valence-corrected chi connectivity index (χ2v) is 4.10. The van der Waals surface area contributed by atoms with Gasteiger partial charge in [0, 0.05) is 0 Å². The van der Waals surface area contributed by atoms with E-state index in [2.05, 4.69) is 24.3 Å². The molecule has 0 saturated heterocycles. The lowest BCUT2D eigenvalue weighted by Gasteiger charge is -2.08. The normalized spacial score (nSPS) is 12.6. The number of benzene rings is 2. The third-order valence-corrected chi connectivity index (χ3v) is 2.79. The lowest BCUT2D eigenvalue weighted by atomic mass is 10.0. The molecule has 2 rings (SSSR count). The van der Waals surface area contributed by atoms with E-state index in [1.54, 1.807) is 0 Å². The van der Waals surface area contributed by atoms with Crippen LogP contribution in [0.5, 0.6) is 0 Å². The quantitative estimate of drug-likeness (QED) is 0.850. The lowest BCUT2D eigenvalue weighted by Crippen LogP contribution is -2.30. The van der Waals surface area contributed by atoms with Crippen molar-refractivity contribution in [1.29, 1.82) is 0 Å². The van der Waals surface area contributed by atoms with Gasteiger partial charge in [-0.1, -0.05) is 42.5 Å². The molecule has 16 heavy (non-hydrogen) atoms. The molecule has 2 heteroatoms. The average Bonchev–Trinajstić information content (AvgIpc) is 2.28. The summed E-state index contributed by atoms with van der Waals surface area (Å²) in [5.74, 6) is 0.0353. The van der Waals surface area contributed by atoms with Crippen molar-refractivity contribution < 1.29 is 4.79 Å². The number of ketones is 1. The summed E-state index contributed by atoms with van der Waals surface area (Å²) < 4.78 is 0. The molecule has 0 bridgehead atoms. The van der Waals surface area contributed by atoms with Crippen molar-refractivity contribution in [3.05, 3.63) is 48.0 Å². The van der Waals surface area contributed by atoms with E-state index >= 15 is 0 Å². The Bertz CT molecular complexity index is 519. The van der Waals surface area contributed by atoms with Crippen molar-refractivity contribution in [3.8, 4) is 0 Å². The van der Waals surface area contributed by atoms with Crippen LogP contribution in [0.2, 0.25) is 0 Å². The van der Waals surface area contributed by atoms with E-state index in [0.29, 0.717) is 6.42 Å². The van der Waals surface area contributed by atoms with Crippen LogP contribution in [0.4, 0.5) is 0 Å². The van der Waals surface area contributed by atoms with Gasteiger partial charge in [-0.25, -0.2) is 0 Å². The van der Waals surface area contributed by atoms with Crippen molar-refractivity contribution in [3.63, 3.8) is 0 Å². The predicted octanol–water partition coefficient (Wildman–Crippen LogP) is 2.30. The standard InChI is InChI=1S/C14H15NO/c1-10(16)14(15)9-11-6-7-12-4-2-3-5-13(12)8-11/h2-8,14H,9,15H2,1H3. The number of Topliss-reactive ketones (excluding diaryl/α,β-unsaturated/α-hetero) is 1. The van der Waals surface area contributed by atoms with Crippen molar-refractivity contribution in [2.45, 2.75) is 19.4 Å². The highest BCUT2D eigenvalue weighted by Crippen LogP contribution is 2.16. The van der Waals surface area contributed by atoms with Crippen molar-refractivity contribution in [2.24, 2.45) is 5.73 Å². The van der Waals surface area contributed by atoms with Crippen molar-refractivity contribution >= 4 is 16.6 Å². The second kappa shape index (κ2) is 4.45. The molecule has 2 nitrogen and oxygen atoms in total. The van der Waals surface area contributed by atoms with Gasteiger partial charge in [0.25, 0.3) is 0 Å². The number of carbonyl (C=O) groups is 1. The monoisotopic (exact) mass is 213 g/mol. The summed E-state index contributed by atoms with van der Waals surface area (Å²) >= 11 is 0. The van der Waals surface area contributed by atoms with E-state index in [-0.39, 0.29) is 11.8 Å². The van der Waals surface area contributed by atoms with Gasteiger partial charge >= 0.3 is 0 Å². The van der Waals surface area contributed by atoms with E-state index < -0.39 is 0 Å². The average molecular weight is 213 g/mol. The second-order valence-electron chi connectivity index (χ2n) is 4.10. The zero-order valence-electron chi connectivity index (χ0n) is 9.31. The highest BCUT2D eigenvalue weighted by molar-refractivity contribution is 5.84. The fraction of sp³-hybridized carbons (Fsp3) is 0.214. The van der Waals surface area contributed by atoms with E-state index in [1.165, 1.54) is 17.7 Å². The van der Waals surface area contributed by atoms with Crippen LogP contribution < -0.4 is 5.73 Å². The molecular weight excluding hydrogens is 198 g/mol. The lowest BCUT2D eigenvalue weighted by molar-refractivity contribution is -0.118. The molecular formula is C14H15NO. The number of fused-ring (bicyclic) bond motifs is 1. The Balaban J connectivity index is 2.29. The fourth-order valence-corrected chi connectivity index (χ4v) is 1.76. The molecule has 1 unspecified atom stereocenters. The van der Waals surface area contributed by atoms with Crippen LogP contribution in [0, 0.1) is 0 Å². The molecule has 0 aliphatic carbocycles. The Hall–Kier alpha value is -1.67. The highest BCUT2D eigenvalue weighted by atomic mass is 16.1. The molecule has 0 aliphatic heterocycles. The molecule has 2 aromatic rings. The Morgan fingerprint density at radius 2 is 1.88 bits per heavy atom. The van der Waals surface area contributed by atoms with Gasteiger partial charge in [-0.15, -0.1) is 0 Å². The Labute approximate surface area is 95.1 Å². The smallest absolute Gasteiger partial charge is 0.146 e. The highest BCUT2D eigenvalue weighted by Gasteiger charge is 2.08. The largest absolute Gasteiger partial charge is 0.321 e. The summed E-state index contributed by atoms with van der Waals surface area (Å²) in [7, 11) is 0. The van der Waals surface area contributed by atoms with Gasteiger partial charge in [-0.05, 0) is 29.7 Å². The summed E-state index contributed by atoms with van der Waals surface area (Å²) in [6, 6.07) is 14.0. The summed E-state index contributed by atoms with van der Waals surface area (Å²) in [6.45, 7) is 1.53. The third-order valence-electron chi connectivity index (χ3n) is 2.79. The van der Waals surface area contributed by atoms with E-state index in [4.69, 9.17) is 5.73 Å². The van der Waals surface area contributed by atoms with Crippen molar-refractivity contribution in [2.75, 3.05) is 0 Å². The molecule has 0 aliphatic rings. The molecule has 0 amide bonds. The fourth-order valence-electron chi connectivity index (χ4n) is 1.76. The molecule has 0 radical (unpaired) electrons. The van der Waals surface area contributed by atoms with Crippen LogP contribution in [-0.4, -0.2) is 11.8 Å². The topological polar surface area (TPSA) is 43.1 Å². The van der Waals surface area contributed by atoms with Gasteiger partial charge in [-0.2, -0.15) is 0 Å². The zero-order chi connectivity index (χ0) is 11.5. The van der Waals surface area contributed by atoms with Gasteiger partial charge in [0.1, 0.15) is 5.78 Å². The van der Waals surface area contributed by atoms with Crippen LogP contribution in [0.15, 0.2) is 42.5 Å². The van der Waals surface area contributed by atoms with Crippen LogP contribution in [0.1, 0.15) is 12.5 Å². The Morgan fingerprint density at radius 3 is 2.56 bits per heavy atom. The van der Waals surface area contributed by atoms with Crippen molar-refractivity contribution in [1.82, 2.24) is 0 Å². The van der Waals surface area contributed by atoms with Crippen LogP contribution in [0.25, 0.3) is 10.8 Å². The van der Waals surface area contributed by atoms with Gasteiger partial charge < -0.3 is 5.73 Å². The first-order chi connectivity index (χ1) is 7.66. The molecule has 0 fully saturated rings. The first kappa shape index (κ1) is 10.8. The van der Waals surface area contributed by atoms with Crippen LogP contribution in [0.3, 0.4) is 0 Å². The number of rotatable bonds is 3. The maximum absolute atomic E-state index is 11.1. The summed E-state index contributed by atoms with van der Waals surface area (Å²) in [6.07, 6.45) is 0.611. The Morgan fingerprint density at radius 1 is 1.19 bits per heavy atom. The predicted molar refractivity (Wildman–Crippen MR) is 66.3 cm³/mol. The minimum Gasteiger partial charge on any atom is -0.321 e. The third kappa shape index (κ3) is 2.28. The maximum Gasteiger partial charge on any atom is 0.146 e. The van der Waals surface area contributed by atoms with E-state index in [0.717, 1.165) is 5.56 Å². The zero-order valence-corrected chi connectivity index (χ0v) is 9.31. The van der Waals surface area contributed by atoms with Gasteiger partial charge in [0.15, 0.2) is 0 Å². The van der Waals surface area contributed by atoms with E-state index in [1.807, 2.05) is 18.2 Å². The summed E-state index contributed by atoms with van der Waals surface area (Å²) in [4.78, 5) is 11.1. The molecule has 0 spiro atoms. The minimum absolute atomic E-state index is 0.0353. The number of nitrogens with two attached hydrogens (primary N) is 1. The van der Waals surface area contributed by atoms with E-state index in [9.17, 15) is 4.79 Å². The van der Waals surface area contributed by atoms with Crippen LogP contribution >= 0.6 is 0 Å².